The first-order chi connectivity index (χ1) is 20.4. The second-order valence-corrected chi connectivity index (χ2v) is 10.7. The summed E-state index contributed by atoms with van der Waals surface area (Å²) >= 11 is 0. The number of benzene rings is 3. The Hall–Kier alpha value is -4.26. The first kappa shape index (κ1) is 30.7. The molecule has 3 aromatic rings. The van der Waals surface area contributed by atoms with Gasteiger partial charge in [0.25, 0.3) is 0 Å². The number of phenols is 2. The molecule has 1 heterocycles. The minimum absolute atomic E-state index is 0.106. The number of carbonyl (C=O) groups is 1. The lowest BCUT2D eigenvalue weighted by atomic mass is 9.85. The smallest absolute Gasteiger partial charge is 0.404 e. The molecule has 1 aliphatic rings. The van der Waals surface area contributed by atoms with Gasteiger partial charge in [0.2, 0.25) is 0 Å². The van der Waals surface area contributed by atoms with Gasteiger partial charge in [-0.2, -0.15) is 0 Å². The molecule has 0 saturated carbocycles. The van der Waals surface area contributed by atoms with Gasteiger partial charge < -0.3 is 25.4 Å². The zero-order valence-electron chi connectivity index (χ0n) is 24.2. The van der Waals surface area contributed by atoms with Crippen molar-refractivity contribution in [2.24, 2.45) is 5.73 Å². The van der Waals surface area contributed by atoms with Crippen molar-refractivity contribution in [1.29, 1.82) is 0 Å². The number of rotatable bonds is 14. The normalized spacial score (nSPS) is 14.8. The maximum Gasteiger partial charge on any atom is 0.404 e. The van der Waals surface area contributed by atoms with E-state index in [1.54, 1.807) is 36.4 Å². The Labute approximate surface area is 247 Å². The van der Waals surface area contributed by atoms with Crippen LogP contribution in [-0.2, 0) is 4.74 Å². The van der Waals surface area contributed by atoms with Gasteiger partial charge in [0.05, 0.1) is 6.67 Å². The van der Waals surface area contributed by atoms with Crippen molar-refractivity contribution in [2.75, 3.05) is 13.3 Å². The molecule has 42 heavy (non-hydrogen) atoms. The van der Waals surface area contributed by atoms with Crippen molar-refractivity contribution in [2.45, 2.75) is 64.4 Å². The first-order valence-corrected chi connectivity index (χ1v) is 14.6. The minimum atomic E-state index is -0.807. The number of aromatic hydroxyl groups is 2. The van der Waals surface area contributed by atoms with Crippen molar-refractivity contribution >= 4 is 22.8 Å². The van der Waals surface area contributed by atoms with Crippen molar-refractivity contribution in [1.82, 2.24) is 0 Å². The fourth-order valence-corrected chi connectivity index (χ4v) is 5.47. The zero-order valence-corrected chi connectivity index (χ0v) is 24.2. The molecular weight excluding hydrogens is 533 g/mol. The third-order valence-corrected chi connectivity index (χ3v) is 7.65. The highest BCUT2D eigenvalue weighted by Crippen LogP contribution is 2.47. The van der Waals surface area contributed by atoms with Gasteiger partial charge in [-0.05, 0) is 90.4 Å². The summed E-state index contributed by atoms with van der Waals surface area (Å²) in [4.78, 5) is 11.1. The number of hydrogen-bond donors (Lipinski definition) is 3. The van der Waals surface area contributed by atoms with Crippen LogP contribution in [0.15, 0.2) is 72.8 Å². The number of fused-ring (bicyclic) bond motifs is 1. The number of phenolic OH excluding ortho intramolecular Hbond substituents is 2. The van der Waals surface area contributed by atoms with Crippen molar-refractivity contribution in [3.63, 3.8) is 0 Å². The Bertz CT molecular complexity index is 1410. The average molecular weight is 574 g/mol. The van der Waals surface area contributed by atoms with Crippen LogP contribution in [0.25, 0.3) is 16.7 Å². The lowest BCUT2D eigenvalue weighted by molar-refractivity contribution is 0.169. The first-order valence-electron chi connectivity index (χ1n) is 14.6. The number of carbonyl (C=O) groups excluding carboxylic acids is 1. The van der Waals surface area contributed by atoms with Crippen LogP contribution in [0.3, 0.4) is 0 Å². The van der Waals surface area contributed by atoms with Gasteiger partial charge in [0.1, 0.15) is 30.0 Å². The van der Waals surface area contributed by atoms with Gasteiger partial charge in [0.15, 0.2) is 0 Å². The van der Waals surface area contributed by atoms with E-state index in [0.29, 0.717) is 12.2 Å². The monoisotopic (exact) mass is 573 g/mol. The van der Waals surface area contributed by atoms with Crippen LogP contribution in [0, 0.1) is 0 Å². The molecule has 0 radical (unpaired) electrons. The molecule has 0 bridgehead atoms. The summed E-state index contributed by atoms with van der Waals surface area (Å²) in [6.07, 6.45) is 8.44. The third-order valence-electron chi connectivity index (χ3n) is 7.65. The summed E-state index contributed by atoms with van der Waals surface area (Å²) in [5.74, 6) is 1.000. The maximum atomic E-state index is 12.3. The zero-order chi connectivity index (χ0) is 29.9. The Morgan fingerprint density at radius 1 is 0.929 bits per heavy atom. The largest absolute Gasteiger partial charge is 0.508 e. The molecule has 0 spiro atoms. The molecule has 0 aliphatic carbocycles. The van der Waals surface area contributed by atoms with Gasteiger partial charge in [0, 0.05) is 11.1 Å². The second kappa shape index (κ2) is 15.1. The number of alkyl halides is 1. The summed E-state index contributed by atoms with van der Waals surface area (Å²) in [7, 11) is 0. The van der Waals surface area contributed by atoms with Crippen LogP contribution < -0.4 is 10.5 Å². The molecule has 6 nitrogen and oxygen atoms in total. The lowest BCUT2D eigenvalue weighted by Crippen LogP contribution is -2.16. The highest BCUT2D eigenvalue weighted by molar-refractivity contribution is 5.96. The molecule has 1 atom stereocenters. The molecule has 7 heteroatoms. The number of hydrogen-bond acceptors (Lipinski definition) is 5. The van der Waals surface area contributed by atoms with E-state index >= 15 is 0 Å². The van der Waals surface area contributed by atoms with Crippen LogP contribution >= 0.6 is 0 Å². The van der Waals surface area contributed by atoms with Crippen LogP contribution in [0.2, 0.25) is 0 Å². The Morgan fingerprint density at radius 2 is 1.62 bits per heavy atom. The Morgan fingerprint density at radius 3 is 2.31 bits per heavy atom. The lowest BCUT2D eigenvalue weighted by Gasteiger charge is -2.31. The molecule has 3 aromatic carbocycles. The number of allylic oxidation sites excluding steroid dienone is 2. The van der Waals surface area contributed by atoms with E-state index in [4.69, 9.17) is 15.2 Å². The maximum absolute atomic E-state index is 12.3. The molecule has 1 unspecified atom stereocenters. The average Bonchev–Trinajstić information content (AvgIpc) is 2.98. The van der Waals surface area contributed by atoms with Gasteiger partial charge in [-0.1, -0.05) is 68.5 Å². The topological polar surface area (TPSA) is 102 Å². The predicted molar refractivity (Wildman–Crippen MR) is 165 cm³/mol. The highest BCUT2D eigenvalue weighted by Gasteiger charge is 2.29. The number of nitrogens with two attached hydrogens (primary N) is 1. The molecule has 4 N–H and O–H groups in total. The SMILES string of the molecule is CC1=C(c2cccc(O)c2)C(c2ccc(/C(=C/COC(N)=O)CCCCCCCCCF)cc2)Oc2ccc(O)cc21. The molecule has 0 saturated heterocycles. The molecular formula is C35H40FNO5. The second-order valence-electron chi connectivity index (χ2n) is 10.7. The summed E-state index contributed by atoms with van der Waals surface area (Å²) in [6.45, 7) is 1.87. The number of ether oxygens (including phenoxy) is 2. The fraction of sp³-hybridized carbons (Fsp3) is 0.343. The fourth-order valence-electron chi connectivity index (χ4n) is 5.47. The van der Waals surface area contributed by atoms with E-state index in [2.05, 4.69) is 0 Å². The van der Waals surface area contributed by atoms with Crippen molar-refractivity contribution < 1.29 is 28.9 Å². The van der Waals surface area contributed by atoms with Crippen molar-refractivity contribution in [3.05, 3.63) is 95.1 Å². The number of unbranched alkanes of at least 4 members (excludes halogenated alkanes) is 6. The van der Waals surface area contributed by atoms with Gasteiger partial charge in [-0.15, -0.1) is 0 Å². The van der Waals surface area contributed by atoms with Crippen molar-refractivity contribution in [3.8, 4) is 17.2 Å². The number of primary amides is 1. The summed E-state index contributed by atoms with van der Waals surface area (Å²) in [6, 6.07) is 20.4. The van der Waals surface area contributed by atoms with E-state index < -0.39 is 12.2 Å². The molecule has 1 aliphatic heterocycles. The quantitative estimate of drug-likeness (QED) is 0.167. The molecule has 1 amide bonds. The third kappa shape index (κ3) is 8.15. The van der Waals surface area contributed by atoms with E-state index in [1.807, 2.05) is 43.3 Å². The summed E-state index contributed by atoms with van der Waals surface area (Å²) < 4.78 is 23.8. The predicted octanol–water partition coefficient (Wildman–Crippen LogP) is 8.73. The molecule has 4 rings (SSSR count). The summed E-state index contributed by atoms with van der Waals surface area (Å²) in [5.41, 5.74) is 11.7. The summed E-state index contributed by atoms with van der Waals surface area (Å²) in [5, 5.41) is 20.3. The highest BCUT2D eigenvalue weighted by atomic mass is 19.1. The molecule has 0 aromatic heterocycles. The number of halogens is 1. The van der Waals surface area contributed by atoms with Crippen LogP contribution in [-0.4, -0.2) is 29.6 Å². The Kier molecular flexibility index (Phi) is 11.0. The Balaban J connectivity index is 1.56. The van der Waals surface area contributed by atoms with Gasteiger partial charge in [-0.3, -0.25) is 4.39 Å². The van der Waals surface area contributed by atoms with E-state index in [-0.39, 0.29) is 24.8 Å². The molecule has 222 valence electrons. The van der Waals surface area contributed by atoms with E-state index in [9.17, 15) is 19.4 Å². The van der Waals surface area contributed by atoms with Crippen LogP contribution in [0.4, 0.5) is 9.18 Å². The van der Waals surface area contributed by atoms with E-state index in [1.165, 1.54) is 0 Å². The minimum Gasteiger partial charge on any atom is -0.508 e. The number of amides is 1. The molecule has 0 fully saturated rings. The van der Waals surface area contributed by atoms with Crippen LogP contribution in [0.5, 0.6) is 17.2 Å². The standard InChI is InChI=1S/C35H40FNO5/c1-24-31-23-30(39)17-18-32(31)42-34(33(24)28-11-9-12-29(38)22-28)27-15-13-26(14-16-27)25(19-21-41-35(37)40)10-7-5-3-2-4-6-8-20-36/h9,11-19,22-23,34,38-39H,2-8,10,20-21H2,1H3,(H2,37,40)/b25-19+. The van der Waals surface area contributed by atoms with Gasteiger partial charge in [-0.25, -0.2) is 4.79 Å². The van der Waals surface area contributed by atoms with Crippen LogP contribution in [0.1, 0.15) is 86.6 Å². The van der Waals surface area contributed by atoms with E-state index in [0.717, 1.165) is 83.9 Å². The van der Waals surface area contributed by atoms with Gasteiger partial charge >= 0.3 is 6.09 Å².